The van der Waals surface area contributed by atoms with Gasteiger partial charge < -0.3 is 0 Å². The van der Waals surface area contributed by atoms with Gasteiger partial charge in [0.2, 0.25) is 0 Å². The molecule has 0 bridgehead atoms. The maximum atomic E-state index is 13.6. The number of aromatic nitrogens is 1. The number of thiazole rings is 1. The van der Waals surface area contributed by atoms with Gasteiger partial charge in [0, 0.05) is 10.0 Å². The average Bonchev–Trinajstić information content (AvgIpc) is 3.19. The molecule has 1 aliphatic heterocycles. The molecule has 2 aliphatic rings. The van der Waals surface area contributed by atoms with Crippen LogP contribution in [0.15, 0.2) is 105 Å². The predicted molar refractivity (Wildman–Crippen MR) is 143 cm³/mol. The van der Waals surface area contributed by atoms with Crippen molar-refractivity contribution in [3.8, 4) is 0 Å². The van der Waals surface area contributed by atoms with Crippen molar-refractivity contribution in [2.24, 2.45) is 4.99 Å². The topological polar surface area (TPSA) is 34.4 Å². The minimum absolute atomic E-state index is 0.0137. The lowest BCUT2D eigenvalue weighted by Gasteiger charge is -2.30. The van der Waals surface area contributed by atoms with Crippen LogP contribution in [0, 0.1) is 0 Å². The molecule has 34 heavy (non-hydrogen) atoms. The van der Waals surface area contributed by atoms with Crippen molar-refractivity contribution in [1.82, 2.24) is 4.57 Å². The van der Waals surface area contributed by atoms with Gasteiger partial charge in [0.1, 0.15) is 0 Å². The van der Waals surface area contributed by atoms with Gasteiger partial charge in [-0.1, -0.05) is 106 Å². The largest absolute Gasteiger partial charge is 0.272 e. The molecule has 0 unspecified atom stereocenters. The minimum Gasteiger partial charge on any atom is -0.272 e. The number of hydrogen-bond donors (Lipinski definition) is 0. The summed E-state index contributed by atoms with van der Waals surface area (Å²) in [7, 11) is 0. The van der Waals surface area contributed by atoms with Gasteiger partial charge in [-0.3, -0.25) is 9.36 Å². The summed E-state index contributed by atoms with van der Waals surface area (Å²) < 4.78 is 3.61. The van der Waals surface area contributed by atoms with E-state index in [1.165, 1.54) is 28.0 Å². The van der Waals surface area contributed by atoms with Gasteiger partial charge in [0.05, 0.1) is 16.3 Å². The third-order valence-electron chi connectivity index (χ3n) is 6.39. The number of aryl methyl sites for hydroxylation is 1. The van der Waals surface area contributed by atoms with E-state index >= 15 is 0 Å². The van der Waals surface area contributed by atoms with Crippen molar-refractivity contribution in [3.63, 3.8) is 0 Å². The minimum atomic E-state index is -0.145. The molecule has 0 spiro atoms. The molecule has 6 rings (SSSR count). The zero-order valence-electron chi connectivity index (χ0n) is 18.3. The Morgan fingerprint density at radius 2 is 1.71 bits per heavy atom. The Bertz CT molecular complexity index is 1630. The average molecular weight is 525 g/mol. The quantitative estimate of drug-likeness (QED) is 0.336. The van der Waals surface area contributed by atoms with E-state index in [4.69, 9.17) is 4.99 Å². The van der Waals surface area contributed by atoms with Gasteiger partial charge in [0.15, 0.2) is 4.80 Å². The van der Waals surface area contributed by atoms with Crippen LogP contribution < -0.4 is 14.9 Å². The highest BCUT2D eigenvalue weighted by Crippen LogP contribution is 2.41. The highest BCUT2D eigenvalue weighted by Gasteiger charge is 2.32. The smallest absolute Gasteiger partial charge is 0.271 e. The molecule has 3 aromatic carbocycles. The van der Waals surface area contributed by atoms with Gasteiger partial charge in [-0.25, -0.2) is 4.99 Å². The van der Waals surface area contributed by atoms with Crippen molar-refractivity contribution >= 4 is 45.1 Å². The molecule has 0 N–H and O–H groups in total. The van der Waals surface area contributed by atoms with Crippen LogP contribution in [0.5, 0.6) is 0 Å². The molecule has 0 fully saturated rings. The fraction of sp³-hybridized carbons (Fsp3) is 0.103. The number of allylic oxidation sites excluding steroid dienone is 2. The van der Waals surface area contributed by atoms with E-state index in [2.05, 4.69) is 52.3 Å². The fourth-order valence-electron chi connectivity index (χ4n) is 4.79. The highest BCUT2D eigenvalue weighted by atomic mass is 79.9. The molecule has 166 valence electrons. The number of fused-ring (bicyclic) bond motifs is 3. The Morgan fingerprint density at radius 1 is 0.941 bits per heavy atom. The Labute approximate surface area is 209 Å². The van der Waals surface area contributed by atoms with Gasteiger partial charge >= 0.3 is 0 Å². The molecule has 0 saturated carbocycles. The van der Waals surface area contributed by atoms with Crippen LogP contribution in [0.4, 0.5) is 0 Å². The fourth-order valence-corrected chi connectivity index (χ4v) is 6.01. The van der Waals surface area contributed by atoms with Crippen LogP contribution in [-0.2, 0) is 6.42 Å². The van der Waals surface area contributed by atoms with Crippen LogP contribution in [0.2, 0.25) is 0 Å². The lowest BCUT2D eigenvalue weighted by Crippen LogP contribution is -2.38. The summed E-state index contributed by atoms with van der Waals surface area (Å²) in [6.45, 7) is 0. The van der Waals surface area contributed by atoms with Crippen LogP contribution >= 0.6 is 27.3 Å². The van der Waals surface area contributed by atoms with E-state index in [9.17, 15) is 4.79 Å². The van der Waals surface area contributed by atoms with Crippen molar-refractivity contribution < 1.29 is 0 Å². The second kappa shape index (κ2) is 8.82. The van der Waals surface area contributed by atoms with Gasteiger partial charge in [-0.05, 0) is 53.3 Å². The number of benzene rings is 3. The van der Waals surface area contributed by atoms with E-state index in [1.54, 1.807) is 0 Å². The van der Waals surface area contributed by atoms with Gasteiger partial charge in [-0.2, -0.15) is 0 Å². The standard InChI is InChI=1S/C29H21BrN2OS/c30-22-16-13-21(14-17-22)27-24-18-15-20-10-4-5-11-23(20)26(24)31-29-32(27)28(33)25(34-29)12-6-9-19-7-2-1-3-8-19/h1-14,16-17,27H,15,18H2/b9-6+,25-12-/t27-/m0/s1. The van der Waals surface area contributed by atoms with Gasteiger partial charge in [0.25, 0.3) is 5.56 Å². The van der Waals surface area contributed by atoms with E-state index in [0.29, 0.717) is 4.53 Å². The summed E-state index contributed by atoms with van der Waals surface area (Å²) >= 11 is 5.01. The summed E-state index contributed by atoms with van der Waals surface area (Å²) in [6, 6.07) is 26.8. The van der Waals surface area contributed by atoms with Crippen molar-refractivity contribution in [1.29, 1.82) is 0 Å². The molecular formula is C29H21BrN2OS. The SMILES string of the molecule is O=c1/c(=C/C=C/c2ccccc2)sc2n1[C@@H](c1ccc(Br)cc1)C1=C(N=2)c2ccccc2CC1. The monoisotopic (exact) mass is 524 g/mol. The Morgan fingerprint density at radius 3 is 2.53 bits per heavy atom. The number of nitrogens with zero attached hydrogens (tertiary/aromatic N) is 2. The normalized spacial score (nSPS) is 17.3. The third-order valence-corrected chi connectivity index (χ3v) is 7.92. The molecule has 3 nitrogen and oxygen atoms in total. The van der Waals surface area contributed by atoms with Crippen LogP contribution in [-0.4, -0.2) is 4.57 Å². The van der Waals surface area contributed by atoms with E-state index < -0.39 is 0 Å². The summed E-state index contributed by atoms with van der Waals surface area (Å²) in [4.78, 5) is 19.5. The first-order valence-electron chi connectivity index (χ1n) is 11.3. The second-order valence-electron chi connectivity index (χ2n) is 8.46. The third kappa shape index (κ3) is 3.75. The first kappa shape index (κ1) is 21.3. The molecule has 0 radical (unpaired) electrons. The highest BCUT2D eigenvalue weighted by molar-refractivity contribution is 9.10. The lowest BCUT2D eigenvalue weighted by molar-refractivity contribution is 0.585. The summed E-state index contributed by atoms with van der Waals surface area (Å²) in [6.07, 6.45) is 7.74. The molecule has 0 saturated heterocycles. The molecule has 1 atom stereocenters. The predicted octanol–water partition coefficient (Wildman–Crippen LogP) is 5.75. The molecule has 2 heterocycles. The first-order valence-corrected chi connectivity index (χ1v) is 12.9. The van der Waals surface area contributed by atoms with E-state index in [0.717, 1.165) is 38.9 Å². The Kier molecular flexibility index (Phi) is 5.52. The molecule has 5 heteroatoms. The molecule has 4 aromatic rings. The maximum absolute atomic E-state index is 13.6. The van der Waals surface area contributed by atoms with Crippen molar-refractivity contribution in [3.05, 3.63) is 137 Å². The second-order valence-corrected chi connectivity index (χ2v) is 10.4. The zero-order valence-corrected chi connectivity index (χ0v) is 20.7. The number of rotatable bonds is 3. The molecule has 1 aromatic heterocycles. The summed E-state index contributed by atoms with van der Waals surface area (Å²) in [5, 5.41) is 0. The molecular weight excluding hydrogens is 504 g/mol. The number of halogens is 1. The Hall–Kier alpha value is -3.28. The van der Waals surface area contributed by atoms with Crippen LogP contribution in [0.3, 0.4) is 0 Å². The first-order chi connectivity index (χ1) is 16.7. The summed E-state index contributed by atoms with van der Waals surface area (Å²) in [5.41, 5.74) is 6.99. The number of hydrogen-bond acceptors (Lipinski definition) is 3. The zero-order chi connectivity index (χ0) is 23.1. The maximum Gasteiger partial charge on any atom is 0.271 e. The molecule has 0 amide bonds. The lowest BCUT2D eigenvalue weighted by atomic mass is 9.83. The van der Waals surface area contributed by atoms with Gasteiger partial charge in [-0.15, -0.1) is 0 Å². The molecule has 1 aliphatic carbocycles. The van der Waals surface area contributed by atoms with Crippen molar-refractivity contribution in [2.75, 3.05) is 0 Å². The van der Waals surface area contributed by atoms with Crippen molar-refractivity contribution in [2.45, 2.75) is 18.9 Å². The van der Waals surface area contributed by atoms with E-state index in [-0.39, 0.29) is 11.6 Å². The Balaban J connectivity index is 1.54. The summed E-state index contributed by atoms with van der Waals surface area (Å²) in [5.74, 6) is 0. The van der Waals surface area contributed by atoms with Crippen LogP contribution in [0.1, 0.15) is 34.7 Å². The van der Waals surface area contributed by atoms with E-state index in [1.807, 2.05) is 65.3 Å². The van der Waals surface area contributed by atoms with Crippen LogP contribution in [0.25, 0.3) is 17.8 Å².